The van der Waals surface area contributed by atoms with Crippen LogP contribution in [0.2, 0.25) is 0 Å². The van der Waals surface area contributed by atoms with E-state index in [0.29, 0.717) is 6.54 Å². The first kappa shape index (κ1) is 15.9. The van der Waals surface area contributed by atoms with Crippen molar-refractivity contribution in [3.63, 3.8) is 0 Å². The van der Waals surface area contributed by atoms with Crippen LogP contribution in [0.4, 0.5) is 0 Å². The number of hydrogen-bond acceptors (Lipinski definition) is 3. The number of hydrogen-bond donors (Lipinski definition) is 1. The first-order valence-corrected chi connectivity index (χ1v) is 8.40. The van der Waals surface area contributed by atoms with Crippen LogP contribution >= 0.6 is 0 Å². The van der Waals surface area contributed by atoms with Crippen molar-refractivity contribution in [1.29, 1.82) is 0 Å². The zero-order valence-electron chi connectivity index (χ0n) is 11.0. The van der Waals surface area contributed by atoms with Gasteiger partial charge in [0.05, 0.1) is 5.75 Å². The van der Waals surface area contributed by atoms with Gasteiger partial charge in [-0.25, -0.2) is 8.42 Å². The van der Waals surface area contributed by atoms with E-state index in [4.69, 9.17) is 0 Å². The molecule has 0 aromatic heterocycles. The Morgan fingerprint density at radius 1 is 1.12 bits per heavy atom. The van der Waals surface area contributed by atoms with Gasteiger partial charge in [0.25, 0.3) is 0 Å². The standard InChI is InChI=1S/C12H27NO2S/c1-4-5-7-12(2)8-6-9-13-10-11-16(3,14)15/h12-13H,4-11H2,1-3H3. The Morgan fingerprint density at radius 2 is 1.75 bits per heavy atom. The summed E-state index contributed by atoms with van der Waals surface area (Å²) in [7, 11) is -2.80. The molecule has 0 saturated carbocycles. The van der Waals surface area contributed by atoms with E-state index in [-0.39, 0.29) is 5.75 Å². The van der Waals surface area contributed by atoms with E-state index in [9.17, 15) is 8.42 Å². The third kappa shape index (κ3) is 12.0. The second-order valence-electron chi connectivity index (χ2n) is 4.77. The molecular formula is C12H27NO2S. The third-order valence-corrected chi connectivity index (χ3v) is 3.70. The van der Waals surface area contributed by atoms with E-state index in [1.807, 2.05) is 0 Å². The zero-order valence-corrected chi connectivity index (χ0v) is 11.8. The summed E-state index contributed by atoms with van der Waals surface area (Å²) in [5.41, 5.74) is 0. The minimum Gasteiger partial charge on any atom is -0.316 e. The zero-order chi connectivity index (χ0) is 12.4. The molecule has 0 bridgehead atoms. The van der Waals surface area contributed by atoms with Gasteiger partial charge >= 0.3 is 0 Å². The molecule has 0 aromatic carbocycles. The lowest BCUT2D eigenvalue weighted by Gasteiger charge is -2.10. The van der Waals surface area contributed by atoms with Crippen molar-refractivity contribution in [1.82, 2.24) is 5.32 Å². The van der Waals surface area contributed by atoms with Gasteiger partial charge < -0.3 is 5.32 Å². The highest BCUT2D eigenvalue weighted by Crippen LogP contribution is 2.12. The summed E-state index contributed by atoms with van der Waals surface area (Å²) in [5, 5.41) is 3.17. The van der Waals surface area contributed by atoms with E-state index in [2.05, 4.69) is 19.2 Å². The molecule has 0 rings (SSSR count). The second-order valence-corrected chi connectivity index (χ2v) is 7.03. The average molecular weight is 249 g/mol. The van der Waals surface area contributed by atoms with Crippen LogP contribution in [0, 0.1) is 5.92 Å². The molecule has 0 aliphatic rings. The van der Waals surface area contributed by atoms with Crippen LogP contribution in [0.3, 0.4) is 0 Å². The van der Waals surface area contributed by atoms with Crippen molar-refractivity contribution in [2.75, 3.05) is 25.1 Å². The van der Waals surface area contributed by atoms with Crippen molar-refractivity contribution in [2.24, 2.45) is 5.92 Å². The predicted molar refractivity (Wildman–Crippen MR) is 70.5 cm³/mol. The number of rotatable bonds is 10. The number of unbranched alkanes of at least 4 members (excludes halogenated alkanes) is 1. The molecule has 0 amide bonds. The van der Waals surface area contributed by atoms with Crippen LogP contribution in [-0.4, -0.2) is 33.5 Å². The fourth-order valence-corrected chi connectivity index (χ4v) is 2.17. The summed E-state index contributed by atoms with van der Waals surface area (Å²) >= 11 is 0. The van der Waals surface area contributed by atoms with Gasteiger partial charge in [0.15, 0.2) is 0 Å². The van der Waals surface area contributed by atoms with Gasteiger partial charge in [-0.2, -0.15) is 0 Å². The molecule has 98 valence electrons. The molecule has 3 nitrogen and oxygen atoms in total. The quantitative estimate of drug-likeness (QED) is 0.604. The van der Waals surface area contributed by atoms with Gasteiger partial charge in [0.1, 0.15) is 9.84 Å². The van der Waals surface area contributed by atoms with Crippen molar-refractivity contribution >= 4 is 9.84 Å². The van der Waals surface area contributed by atoms with Crippen LogP contribution in [0.25, 0.3) is 0 Å². The summed E-state index contributed by atoms with van der Waals surface area (Å²) < 4.78 is 21.7. The highest BCUT2D eigenvalue weighted by molar-refractivity contribution is 7.90. The average Bonchev–Trinajstić information content (AvgIpc) is 2.18. The summed E-state index contributed by atoms with van der Waals surface area (Å²) in [6.45, 7) is 6.04. The van der Waals surface area contributed by atoms with Crippen molar-refractivity contribution in [3.8, 4) is 0 Å². The molecule has 0 aliphatic heterocycles. The van der Waals surface area contributed by atoms with Gasteiger partial charge in [-0.05, 0) is 25.3 Å². The van der Waals surface area contributed by atoms with Gasteiger partial charge in [0, 0.05) is 12.8 Å². The van der Waals surface area contributed by atoms with E-state index < -0.39 is 9.84 Å². The molecule has 1 atom stereocenters. The molecule has 0 aromatic rings. The molecule has 0 fully saturated rings. The highest BCUT2D eigenvalue weighted by Gasteiger charge is 2.02. The van der Waals surface area contributed by atoms with E-state index in [0.717, 1.165) is 18.9 Å². The summed E-state index contributed by atoms with van der Waals surface area (Å²) in [4.78, 5) is 0. The van der Waals surface area contributed by atoms with Crippen molar-refractivity contribution in [3.05, 3.63) is 0 Å². The van der Waals surface area contributed by atoms with E-state index in [1.54, 1.807) is 0 Å². The minimum absolute atomic E-state index is 0.248. The first-order chi connectivity index (χ1) is 7.45. The van der Waals surface area contributed by atoms with Gasteiger partial charge in [-0.1, -0.05) is 33.1 Å². The Bertz CT molecular complexity index is 250. The molecule has 0 aliphatic carbocycles. The fourth-order valence-electron chi connectivity index (χ4n) is 1.66. The van der Waals surface area contributed by atoms with Gasteiger partial charge in [0.2, 0.25) is 0 Å². The maximum absolute atomic E-state index is 10.9. The van der Waals surface area contributed by atoms with Crippen molar-refractivity contribution in [2.45, 2.75) is 46.0 Å². The maximum Gasteiger partial charge on any atom is 0.148 e. The lowest BCUT2D eigenvalue weighted by molar-refractivity contribution is 0.449. The SMILES string of the molecule is CCCCC(C)CCCNCCS(C)(=O)=O. The maximum atomic E-state index is 10.9. The van der Waals surface area contributed by atoms with Crippen LogP contribution in [0.15, 0.2) is 0 Å². The Kier molecular flexibility index (Phi) is 8.94. The molecule has 1 N–H and O–H groups in total. The Morgan fingerprint density at radius 3 is 2.31 bits per heavy atom. The minimum atomic E-state index is -2.80. The summed E-state index contributed by atoms with van der Waals surface area (Å²) in [6.07, 6.45) is 7.58. The Hall–Kier alpha value is -0.0900. The van der Waals surface area contributed by atoms with E-state index in [1.165, 1.54) is 31.9 Å². The lowest BCUT2D eigenvalue weighted by Crippen LogP contribution is -2.23. The van der Waals surface area contributed by atoms with Gasteiger partial charge in [-0.15, -0.1) is 0 Å². The number of nitrogens with one attached hydrogen (secondary N) is 1. The Balaban J connectivity index is 3.27. The summed E-state index contributed by atoms with van der Waals surface area (Å²) in [6, 6.07) is 0. The molecule has 16 heavy (non-hydrogen) atoms. The van der Waals surface area contributed by atoms with Crippen LogP contribution < -0.4 is 5.32 Å². The Labute approximate surface area is 101 Å². The molecule has 0 spiro atoms. The number of sulfone groups is 1. The highest BCUT2D eigenvalue weighted by atomic mass is 32.2. The predicted octanol–water partition coefficient (Wildman–Crippen LogP) is 2.23. The normalized spacial score (nSPS) is 13.9. The summed E-state index contributed by atoms with van der Waals surface area (Å²) in [5.74, 6) is 1.05. The molecule has 4 heteroatoms. The molecule has 0 saturated heterocycles. The first-order valence-electron chi connectivity index (χ1n) is 6.34. The molecule has 0 radical (unpaired) electrons. The third-order valence-electron chi connectivity index (χ3n) is 2.75. The van der Waals surface area contributed by atoms with Crippen molar-refractivity contribution < 1.29 is 8.42 Å². The topological polar surface area (TPSA) is 46.2 Å². The molecular weight excluding hydrogens is 222 g/mol. The van der Waals surface area contributed by atoms with Gasteiger partial charge in [-0.3, -0.25) is 0 Å². The van der Waals surface area contributed by atoms with E-state index >= 15 is 0 Å². The molecule has 0 heterocycles. The fraction of sp³-hybridized carbons (Fsp3) is 1.00. The monoisotopic (exact) mass is 249 g/mol. The lowest BCUT2D eigenvalue weighted by atomic mass is 9.99. The van der Waals surface area contributed by atoms with Crippen LogP contribution in [0.5, 0.6) is 0 Å². The smallest absolute Gasteiger partial charge is 0.148 e. The second kappa shape index (κ2) is 8.99. The molecule has 1 unspecified atom stereocenters. The van der Waals surface area contributed by atoms with Crippen LogP contribution in [-0.2, 0) is 9.84 Å². The largest absolute Gasteiger partial charge is 0.316 e. The van der Waals surface area contributed by atoms with Crippen LogP contribution in [0.1, 0.15) is 46.0 Å².